The molecule has 1 aromatic carbocycles. The summed E-state index contributed by atoms with van der Waals surface area (Å²) in [5.41, 5.74) is 0.674. The van der Waals surface area contributed by atoms with Crippen molar-refractivity contribution in [2.24, 2.45) is 0 Å². The summed E-state index contributed by atoms with van der Waals surface area (Å²) in [5.74, 6) is 1.30. The minimum atomic E-state index is -0.807. The number of rotatable bonds is 5. The third-order valence-electron chi connectivity index (χ3n) is 3.41. The first-order valence-electron chi connectivity index (χ1n) is 7.34. The third-order valence-corrected chi connectivity index (χ3v) is 4.29. The molecule has 2 amide bonds. The van der Waals surface area contributed by atoms with Gasteiger partial charge in [-0.1, -0.05) is 12.1 Å². The Bertz CT molecular complexity index is 660. The van der Waals surface area contributed by atoms with E-state index in [2.05, 4.69) is 10.6 Å². The first-order chi connectivity index (χ1) is 11.2. The number of amides is 2. The van der Waals surface area contributed by atoms with Crippen molar-refractivity contribution >= 4 is 17.4 Å². The van der Waals surface area contributed by atoms with Crippen LogP contribution in [0.5, 0.6) is 11.5 Å². The molecule has 0 saturated heterocycles. The largest absolute Gasteiger partial charge is 0.486 e. The molecule has 3 rings (SSSR count). The number of ether oxygens (including phenoxy) is 2. The summed E-state index contributed by atoms with van der Waals surface area (Å²) < 4.78 is 10.9. The number of carbonyl (C=O) groups is 1. The molecule has 0 fully saturated rings. The molecule has 6 nitrogen and oxygen atoms in total. The Morgan fingerprint density at radius 2 is 2.04 bits per heavy atom. The van der Waals surface area contributed by atoms with E-state index in [0.717, 1.165) is 4.88 Å². The maximum absolute atomic E-state index is 11.7. The van der Waals surface area contributed by atoms with Crippen molar-refractivity contribution in [2.45, 2.75) is 12.6 Å². The zero-order chi connectivity index (χ0) is 16.1. The highest BCUT2D eigenvalue weighted by atomic mass is 32.1. The van der Waals surface area contributed by atoms with Crippen LogP contribution in [0, 0.1) is 0 Å². The third kappa shape index (κ3) is 4.14. The smallest absolute Gasteiger partial charge is 0.315 e. The van der Waals surface area contributed by atoms with Crippen LogP contribution in [-0.4, -0.2) is 30.9 Å². The van der Waals surface area contributed by atoms with Gasteiger partial charge in [-0.3, -0.25) is 0 Å². The lowest BCUT2D eigenvalue weighted by atomic mass is 10.1. The predicted molar refractivity (Wildman–Crippen MR) is 86.9 cm³/mol. The van der Waals surface area contributed by atoms with Gasteiger partial charge in [-0.15, -0.1) is 11.3 Å². The summed E-state index contributed by atoms with van der Waals surface area (Å²) in [5, 5.41) is 17.5. The van der Waals surface area contributed by atoms with Crippen LogP contribution in [0.1, 0.15) is 16.5 Å². The molecule has 0 aliphatic carbocycles. The minimum absolute atomic E-state index is 0.121. The molecule has 0 radical (unpaired) electrons. The average Bonchev–Trinajstić information content (AvgIpc) is 3.11. The van der Waals surface area contributed by atoms with Gasteiger partial charge in [0.25, 0.3) is 0 Å². The molecule has 1 atom stereocenters. The Kier molecular flexibility index (Phi) is 4.99. The van der Waals surface area contributed by atoms with Crippen molar-refractivity contribution in [1.29, 1.82) is 0 Å². The number of aliphatic hydroxyl groups is 1. The van der Waals surface area contributed by atoms with Crippen molar-refractivity contribution < 1.29 is 19.4 Å². The Morgan fingerprint density at radius 3 is 2.83 bits per heavy atom. The maximum atomic E-state index is 11.7. The predicted octanol–water partition coefficient (Wildman–Crippen LogP) is 2.05. The van der Waals surface area contributed by atoms with E-state index < -0.39 is 6.10 Å². The summed E-state index contributed by atoms with van der Waals surface area (Å²) in [4.78, 5) is 12.8. The van der Waals surface area contributed by atoms with E-state index in [-0.39, 0.29) is 12.6 Å². The molecular weight excluding hydrogens is 316 g/mol. The molecule has 122 valence electrons. The fraction of sp³-hybridized carbons (Fsp3) is 0.312. The molecule has 0 unspecified atom stereocenters. The number of benzene rings is 1. The molecule has 23 heavy (non-hydrogen) atoms. The maximum Gasteiger partial charge on any atom is 0.315 e. The van der Waals surface area contributed by atoms with E-state index in [4.69, 9.17) is 9.47 Å². The lowest BCUT2D eigenvalue weighted by molar-refractivity contribution is 0.163. The molecule has 2 aromatic rings. The van der Waals surface area contributed by atoms with Gasteiger partial charge in [-0.25, -0.2) is 4.79 Å². The molecule has 2 heterocycles. The number of thiophene rings is 1. The topological polar surface area (TPSA) is 79.8 Å². The van der Waals surface area contributed by atoms with Crippen LogP contribution in [0.25, 0.3) is 0 Å². The van der Waals surface area contributed by atoms with Crippen LogP contribution in [0.2, 0.25) is 0 Å². The molecule has 1 aromatic heterocycles. The number of hydrogen-bond donors (Lipinski definition) is 3. The zero-order valence-electron chi connectivity index (χ0n) is 12.5. The summed E-state index contributed by atoms with van der Waals surface area (Å²) >= 11 is 1.58. The van der Waals surface area contributed by atoms with Gasteiger partial charge in [0, 0.05) is 11.4 Å². The van der Waals surface area contributed by atoms with E-state index in [1.54, 1.807) is 29.5 Å². The number of hydrogen-bond acceptors (Lipinski definition) is 5. The minimum Gasteiger partial charge on any atom is -0.486 e. The second-order valence-corrected chi connectivity index (χ2v) is 6.09. The van der Waals surface area contributed by atoms with E-state index in [9.17, 15) is 9.90 Å². The molecule has 7 heteroatoms. The quantitative estimate of drug-likeness (QED) is 0.782. The van der Waals surface area contributed by atoms with Gasteiger partial charge in [-0.2, -0.15) is 0 Å². The highest BCUT2D eigenvalue weighted by Crippen LogP contribution is 2.32. The van der Waals surface area contributed by atoms with Crippen LogP contribution in [0.3, 0.4) is 0 Å². The van der Waals surface area contributed by atoms with E-state index >= 15 is 0 Å². The van der Waals surface area contributed by atoms with Crippen LogP contribution in [0.15, 0.2) is 35.7 Å². The number of nitrogens with one attached hydrogen (secondary N) is 2. The van der Waals surface area contributed by atoms with Crippen molar-refractivity contribution in [3.8, 4) is 11.5 Å². The van der Waals surface area contributed by atoms with Gasteiger partial charge in [-0.05, 0) is 29.1 Å². The van der Waals surface area contributed by atoms with Gasteiger partial charge >= 0.3 is 6.03 Å². The first-order valence-corrected chi connectivity index (χ1v) is 8.22. The summed E-state index contributed by atoms with van der Waals surface area (Å²) in [6, 6.07) is 8.85. The van der Waals surface area contributed by atoms with Crippen molar-refractivity contribution in [3.05, 3.63) is 46.2 Å². The monoisotopic (exact) mass is 334 g/mol. The Labute approximate surface area is 138 Å². The highest BCUT2D eigenvalue weighted by Gasteiger charge is 2.16. The van der Waals surface area contributed by atoms with Crippen LogP contribution >= 0.6 is 11.3 Å². The van der Waals surface area contributed by atoms with Gasteiger partial charge < -0.3 is 25.2 Å². The molecule has 0 saturated carbocycles. The number of fused-ring (bicyclic) bond motifs is 1. The lowest BCUT2D eigenvalue weighted by Crippen LogP contribution is -2.37. The Hall–Kier alpha value is -2.25. The summed E-state index contributed by atoms with van der Waals surface area (Å²) in [6.07, 6.45) is -0.807. The second-order valence-electron chi connectivity index (χ2n) is 5.06. The number of carbonyl (C=O) groups excluding carboxylic acids is 1. The number of urea groups is 1. The molecule has 1 aliphatic heterocycles. The SMILES string of the molecule is O=C(NCc1cccs1)NC[C@@H](O)c1ccc2c(c1)OCCO2. The van der Waals surface area contributed by atoms with Gasteiger partial charge in [0.05, 0.1) is 12.6 Å². The van der Waals surface area contributed by atoms with Gasteiger partial charge in [0.2, 0.25) is 0 Å². The van der Waals surface area contributed by atoms with Gasteiger partial charge in [0.15, 0.2) is 11.5 Å². The summed E-state index contributed by atoms with van der Waals surface area (Å²) in [6.45, 7) is 1.62. The molecular formula is C16H18N2O4S. The van der Waals surface area contributed by atoms with Crippen LogP contribution in [-0.2, 0) is 6.54 Å². The van der Waals surface area contributed by atoms with Crippen molar-refractivity contribution in [3.63, 3.8) is 0 Å². The van der Waals surface area contributed by atoms with Crippen molar-refractivity contribution in [2.75, 3.05) is 19.8 Å². The average molecular weight is 334 g/mol. The standard InChI is InChI=1S/C16H18N2O4S/c19-13(10-18-16(20)17-9-12-2-1-7-23-12)11-3-4-14-15(8-11)22-6-5-21-14/h1-4,7-8,13,19H,5-6,9-10H2,(H2,17,18,20)/t13-/m1/s1. The van der Waals surface area contributed by atoms with E-state index in [0.29, 0.717) is 36.8 Å². The van der Waals surface area contributed by atoms with Crippen LogP contribution in [0.4, 0.5) is 4.79 Å². The second kappa shape index (κ2) is 7.34. The zero-order valence-corrected chi connectivity index (χ0v) is 13.3. The lowest BCUT2D eigenvalue weighted by Gasteiger charge is -2.20. The normalized spacial score (nSPS) is 14.1. The molecule has 3 N–H and O–H groups in total. The Balaban J connectivity index is 1.48. The highest BCUT2D eigenvalue weighted by molar-refractivity contribution is 7.09. The molecule has 1 aliphatic rings. The first kappa shape index (κ1) is 15.6. The van der Waals surface area contributed by atoms with E-state index in [1.165, 1.54) is 0 Å². The number of aliphatic hydroxyl groups excluding tert-OH is 1. The van der Waals surface area contributed by atoms with E-state index in [1.807, 2.05) is 17.5 Å². The van der Waals surface area contributed by atoms with Gasteiger partial charge in [0.1, 0.15) is 13.2 Å². The molecule has 0 spiro atoms. The fourth-order valence-corrected chi connectivity index (χ4v) is 2.86. The van der Waals surface area contributed by atoms with Crippen LogP contribution < -0.4 is 20.1 Å². The Morgan fingerprint density at radius 1 is 1.22 bits per heavy atom. The fourth-order valence-electron chi connectivity index (χ4n) is 2.22. The molecule has 0 bridgehead atoms. The summed E-state index contributed by atoms with van der Waals surface area (Å²) in [7, 11) is 0. The van der Waals surface area contributed by atoms with Crippen molar-refractivity contribution in [1.82, 2.24) is 10.6 Å².